The number of carbonyl (C=O) groups excluding carboxylic acids is 4. The van der Waals surface area contributed by atoms with Gasteiger partial charge in [0, 0.05) is 19.2 Å². The summed E-state index contributed by atoms with van der Waals surface area (Å²) < 4.78 is 9.23. The van der Waals surface area contributed by atoms with Gasteiger partial charge in [0.15, 0.2) is 0 Å². The molecule has 1 fully saturated rings. The zero-order valence-corrected chi connectivity index (χ0v) is 15.1. The summed E-state index contributed by atoms with van der Waals surface area (Å²) in [7, 11) is 0. The summed E-state index contributed by atoms with van der Waals surface area (Å²) in [5, 5.41) is 4.53. The van der Waals surface area contributed by atoms with E-state index in [1.54, 1.807) is 13.8 Å². The minimum atomic E-state index is -1.08. The van der Waals surface area contributed by atoms with Crippen molar-refractivity contribution >= 4 is 41.3 Å². The predicted molar refractivity (Wildman–Crippen MR) is 94.0 cm³/mol. The van der Waals surface area contributed by atoms with Crippen molar-refractivity contribution in [3.05, 3.63) is 6.07 Å². The normalized spacial score (nSPS) is 13.0. The van der Waals surface area contributed by atoms with Crippen LogP contribution in [0.3, 0.4) is 0 Å². The monoisotopic (exact) mass is 379 g/mol. The predicted octanol–water partition coefficient (Wildman–Crippen LogP) is 0.0800. The van der Waals surface area contributed by atoms with E-state index >= 15 is 0 Å². The van der Waals surface area contributed by atoms with Crippen LogP contribution in [0.2, 0.25) is 0 Å². The molecule has 0 saturated carbocycles. The molecule has 1 aliphatic heterocycles. The standard InChI is InChI=1S/C16H21N5O6/c1-3-26-14(24)12(22)17-10-9-11(21-7-5-6-8-21)19-16(18-10)20-13(23)15(25)27-4-2/h9H,3-8H2,1-2H3,(H2,17,18,19,20,22,23). The number of esters is 2. The van der Waals surface area contributed by atoms with Gasteiger partial charge in [-0.15, -0.1) is 0 Å². The van der Waals surface area contributed by atoms with Gasteiger partial charge < -0.3 is 19.7 Å². The number of rotatable bonds is 5. The largest absolute Gasteiger partial charge is 0.459 e. The third kappa shape index (κ3) is 5.62. The van der Waals surface area contributed by atoms with Gasteiger partial charge in [-0.25, -0.2) is 9.59 Å². The second kappa shape index (κ2) is 9.46. The van der Waals surface area contributed by atoms with Crippen LogP contribution in [0.1, 0.15) is 26.7 Å². The number of aromatic nitrogens is 2. The highest BCUT2D eigenvalue weighted by Crippen LogP contribution is 2.22. The number of anilines is 3. The highest BCUT2D eigenvalue weighted by Gasteiger charge is 2.22. The Morgan fingerprint density at radius 1 is 0.963 bits per heavy atom. The third-order valence-electron chi connectivity index (χ3n) is 3.53. The van der Waals surface area contributed by atoms with Gasteiger partial charge in [-0.05, 0) is 26.7 Å². The smallest absolute Gasteiger partial charge is 0.397 e. The Morgan fingerprint density at radius 3 is 2.07 bits per heavy atom. The Morgan fingerprint density at radius 2 is 1.52 bits per heavy atom. The average molecular weight is 379 g/mol. The molecule has 0 atom stereocenters. The second-order valence-electron chi connectivity index (χ2n) is 5.48. The topological polar surface area (TPSA) is 140 Å². The van der Waals surface area contributed by atoms with E-state index in [2.05, 4.69) is 30.1 Å². The number of nitrogens with zero attached hydrogens (tertiary/aromatic N) is 3. The van der Waals surface area contributed by atoms with Gasteiger partial charge in [-0.1, -0.05) is 0 Å². The Kier molecular flexibility index (Phi) is 7.03. The summed E-state index contributed by atoms with van der Waals surface area (Å²) >= 11 is 0. The number of hydrogen-bond acceptors (Lipinski definition) is 9. The third-order valence-corrected chi connectivity index (χ3v) is 3.53. The lowest BCUT2D eigenvalue weighted by atomic mass is 10.4. The minimum Gasteiger partial charge on any atom is -0.459 e. The van der Waals surface area contributed by atoms with Crippen LogP contribution < -0.4 is 15.5 Å². The van der Waals surface area contributed by atoms with Crippen LogP contribution >= 0.6 is 0 Å². The number of ether oxygens (including phenoxy) is 2. The second-order valence-corrected chi connectivity index (χ2v) is 5.48. The molecule has 0 unspecified atom stereocenters. The molecule has 0 radical (unpaired) electrons. The van der Waals surface area contributed by atoms with Gasteiger partial charge in [-0.2, -0.15) is 9.97 Å². The number of hydrogen-bond donors (Lipinski definition) is 2. The highest BCUT2D eigenvalue weighted by atomic mass is 16.5. The number of carbonyl (C=O) groups is 4. The summed E-state index contributed by atoms with van der Waals surface area (Å²) in [5.74, 6) is -3.95. The average Bonchev–Trinajstić information content (AvgIpc) is 3.16. The zero-order chi connectivity index (χ0) is 19.8. The maximum atomic E-state index is 11.8. The summed E-state index contributed by atoms with van der Waals surface area (Å²) in [4.78, 5) is 56.7. The van der Waals surface area contributed by atoms with Crippen LogP contribution in [0.15, 0.2) is 6.07 Å². The lowest BCUT2D eigenvalue weighted by Gasteiger charge is -2.18. The number of amides is 2. The van der Waals surface area contributed by atoms with Crippen LogP contribution in [-0.4, -0.2) is 60.0 Å². The van der Waals surface area contributed by atoms with Crippen molar-refractivity contribution in [3.63, 3.8) is 0 Å². The Bertz CT molecular complexity index is 682. The first kappa shape index (κ1) is 20.1. The van der Waals surface area contributed by atoms with Crippen molar-refractivity contribution in [2.45, 2.75) is 26.7 Å². The molecule has 11 heteroatoms. The molecule has 1 saturated heterocycles. The summed E-state index contributed by atoms with van der Waals surface area (Å²) in [5.41, 5.74) is 0. The molecule has 2 N–H and O–H groups in total. The van der Waals surface area contributed by atoms with Gasteiger partial charge in [0.25, 0.3) is 0 Å². The van der Waals surface area contributed by atoms with Gasteiger partial charge in [-0.3, -0.25) is 14.9 Å². The lowest BCUT2D eigenvalue weighted by molar-refractivity contribution is -0.152. The molecule has 2 rings (SSSR count). The SMILES string of the molecule is CCOC(=O)C(=O)Nc1cc(N2CCCC2)nc(NC(=O)C(=O)OCC)n1. The fourth-order valence-electron chi connectivity index (χ4n) is 2.38. The Hall–Kier alpha value is -3.24. The van der Waals surface area contributed by atoms with Gasteiger partial charge in [0.05, 0.1) is 13.2 Å². The molecule has 0 aliphatic carbocycles. The molecule has 1 aromatic rings. The first-order valence-corrected chi connectivity index (χ1v) is 8.54. The van der Waals surface area contributed by atoms with E-state index < -0.39 is 23.8 Å². The highest BCUT2D eigenvalue weighted by molar-refractivity contribution is 6.37. The van der Waals surface area contributed by atoms with Crippen LogP contribution in [-0.2, 0) is 28.7 Å². The van der Waals surface area contributed by atoms with Crippen LogP contribution in [0.4, 0.5) is 17.6 Å². The van der Waals surface area contributed by atoms with Crippen LogP contribution in [0.5, 0.6) is 0 Å². The van der Waals surface area contributed by atoms with E-state index in [-0.39, 0.29) is 25.0 Å². The molecule has 1 aromatic heterocycles. The van der Waals surface area contributed by atoms with E-state index in [1.807, 2.05) is 4.90 Å². The summed E-state index contributed by atoms with van der Waals surface area (Å²) in [6.45, 7) is 4.72. The van der Waals surface area contributed by atoms with Gasteiger partial charge in [0.2, 0.25) is 5.95 Å². The molecule has 0 aromatic carbocycles. The van der Waals surface area contributed by atoms with Gasteiger partial charge >= 0.3 is 23.8 Å². The lowest BCUT2D eigenvalue weighted by Crippen LogP contribution is -2.28. The molecular formula is C16H21N5O6. The fourth-order valence-corrected chi connectivity index (χ4v) is 2.38. The first-order valence-electron chi connectivity index (χ1n) is 8.54. The van der Waals surface area contributed by atoms with Crippen molar-refractivity contribution in [2.75, 3.05) is 41.8 Å². The van der Waals surface area contributed by atoms with Crippen LogP contribution in [0.25, 0.3) is 0 Å². The summed E-state index contributed by atoms with van der Waals surface area (Å²) in [6, 6.07) is 1.47. The molecular weight excluding hydrogens is 358 g/mol. The molecule has 0 bridgehead atoms. The number of nitrogens with one attached hydrogen (secondary N) is 2. The van der Waals surface area contributed by atoms with E-state index in [1.165, 1.54) is 6.07 Å². The minimum absolute atomic E-state index is 0.0101. The molecule has 146 valence electrons. The van der Waals surface area contributed by atoms with Crippen molar-refractivity contribution in [1.29, 1.82) is 0 Å². The van der Waals surface area contributed by atoms with Crippen molar-refractivity contribution in [2.24, 2.45) is 0 Å². The summed E-state index contributed by atoms with van der Waals surface area (Å²) in [6.07, 6.45) is 1.94. The zero-order valence-electron chi connectivity index (χ0n) is 15.1. The van der Waals surface area contributed by atoms with Crippen molar-refractivity contribution < 1.29 is 28.7 Å². The van der Waals surface area contributed by atoms with Crippen molar-refractivity contribution in [1.82, 2.24) is 9.97 Å². The molecule has 1 aliphatic rings. The first-order chi connectivity index (χ1) is 12.9. The van der Waals surface area contributed by atoms with E-state index in [9.17, 15) is 19.2 Å². The molecule has 2 heterocycles. The van der Waals surface area contributed by atoms with Crippen LogP contribution in [0, 0.1) is 0 Å². The Labute approximate surface area is 155 Å². The molecule has 11 nitrogen and oxygen atoms in total. The van der Waals surface area contributed by atoms with Gasteiger partial charge in [0.1, 0.15) is 11.6 Å². The molecule has 2 amide bonds. The maximum absolute atomic E-state index is 11.8. The molecule has 27 heavy (non-hydrogen) atoms. The van der Waals surface area contributed by atoms with E-state index in [0.717, 1.165) is 25.9 Å². The van der Waals surface area contributed by atoms with Crippen molar-refractivity contribution in [3.8, 4) is 0 Å². The maximum Gasteiger partial charge on any atom is 0.397 e. The Balaban J connectivity index is 2.23. The fraction of sp³-hybridized carbons (Fsp3) is 0.500. The quantitative estimate of drug-likeness (QED) is 0.537. The molecule has 0 spiro atoms. The van der Waals surface area contributed by atoms with E-state index in [0.29, 0.717) is 5.82 Å². The van der Waals surface area contributed by atoms with E-state index in [4.69, 9.17) is 0 Å².